The molecule has 0 aromatic heterocycles. The van der Waals surface area contributed by atoms with Crippen molar-refractivity contribution >= 4 is 15.9 Å². The summed E-state index contributed by atoms with van der Waals surface area (Å²) in [5, 5.41) is 10.2. The molecule has 1 unspecified atom stereocenters. The van der Waals surface area contributed by atoms with Crippen LogP contribution in [0.4, 0.5) is 0 Å². The largest absolute Gasteiger partial charge is 0.388 e. The molecule has 0 aliphatic heterocycles. The summed E-state index contributed by atoms with van der Waals surface area (Å²) in [5.41, 5.74) is 3.43. The summed E-state index contributed by atoms with van der Waals surface area (Å²) in [7, 11) is 0. The maximum Gasteiger partial charge on any atom is 0.0793 e. The normalized spacial score (nSPS) is 12.4. The molecule has 0 saturated heterocycles. The summed E-state index contributed by atoms with van der Waals surface area (Å²) in [4.78, 5) is 0. The van der Waals surface area contributed by atoms with Gasteiger partial charge in [0.05, 0.1) is 6.10 Å². The molecule has 2 aromatic carbocycles. The molecule has 0 amide bonds. The molecule has 2 aromatic rings. The zero-order chi connectivity index (χ0) is 13.0. The number of aliphatic hydroxyl groups is 1. The van der Waals surface area contributed by atoms with Gasteiger partial charge in [-0.1, -0.05) is 58.4 Å². The first-order valence-corrected chi connectivity index (χ1v) is 6.94. The van der Waals surface area contributed by atoms with E-state index < -0.39 is 6.10 Å². The number of hydrogen-bond donors (Lipinski definition) is 1. The lowest BCUT2D eigenvalue weighted by atomic mass is 10.0. The van der Waals surface area contributed by atoms with Crippen molar-refractivity contribution in [1.29, 1.82) is 0 Å². The smallest absolute Gasteiger partial charge is 0.0793 e. The van der Waals surface area contributed by atoms with Crippen molar-refractivity contribution in [3.8, 4) is 0 Å². The fraction of sp³-hybridized carbons (Fsp3) is 0.250. The van der Waals surface area contributed by atoms with Crippen molar-refractivity contribution in [2.45, 2.75) is 25.9 Å². The summed E-state index contributed by atoms with van der Waals surface area (Å²) in [6, 6.07) is 16.3. The molecular weight excluding hydrogens is 288 g/mol. The van der Waals surface area contributed by atoms with Crippen molar-refractivity contribution in [3.05, 3.63) is 69.7 Å². The number of hydrogen-bond acceptors (Lipinski definition) is 1. The van der Waals surface area contributed by atoms with Crippen LogP contribution in [0, 0.1) is 6.92 Å². The minimum Gasteiger partial charge on any atom is -0.388 e. The maximum absolute atomic E-state index is 10.2. The quantitative estimate of drug-likeness (QED) is 0.886. The van der Waals surface area contributed by atoms with Crippen LogP contribution in [0.1, 0.15) is 29.2 Å². The van der Waals surface area contributed by atoms with Gasteiger partial charge in [-0.3, -0.25) is 0 Å². The second-order valence-electron chi connectivity index (χ2n) is 4.55. The van der Waals surface area contributed by atoms with E-state index in [-0.39, 0.29) is 0 Å². The monoisotopic (exact) mass is 304 g/mol. The van der Waals surface area contributed by atoms with E-state index in [2.05, 4.69) is 28.1 Å². The highest BCUT2D eigenvalue weighted by Crippen LogP contribution is 2.24. The standard InChI is InChI=1S/C16H17BrO/c1-12-7-9-14(11-15(12)17)16(18)10-8-13-5-3-2-4-6-13/h2-7,9,11,16,18H,8,10H2,1H3. The third-order valence-electron chi connectivity index (χ3n) is 3.13. The molecule has 18 heavy (non-hydrogen) atoms. The Labute approximate surface area is 117 Å². The summed E-state index contributed by atoms with van der Waals surface area (Å²) in [5.74, 6) is 0. The second-order valence-corrected chi connectivity index (χ2v) is 5.40. The fourth-order valence-corrected chi connectivity index (χ4v) is 2.33. The molecule has 0 saturated carbocycles. The van der Waals surface area contributed by atoms with E-state index in [1.54, 1.807) is 0 Å². The molecule has 2 heteroatoms. The SMILES string of the molecule is Cc1ccc(C(O)CCc2ccccc2)cc1Br. The Morgan fingerprint density at radius 2 is 1.83 bits per heavy atom. The molecular formula is C16H17BrO. The highest BCUT2D eigenvalue weighted by molar-refractivity contribution is 9.10. The zero-order valence-corrected chi connectivity index (χ0v) is 12.0. The van der Waals surface area contributed by atoms with E-state index in [0.29, 0.717) is 0 Å². The van der Waals surface area contributed by atoms with Gasteiger partial charge in [0.25, 0.3) is 0 Å². The summed E-state index contributed by atoms with van der Waals surface area (Å²) in [6.45, 7) is 2.05. The lowest BCUT2D eigenvalue weighted by Crippen LogP contribution is -2.00. The van der Waals surface area contributed by atoms with E-state index in [1.807, 2.05) is 43.3 Å². The van der Waals surface area contributed by atoms with Gasteiger partial charge in [0.15, 0.2) is 0 Å². The van der Waals surface area contributed by atoms with E-state index >= 15 is 0 Å². The number of aryl methyl sites for hydroxylation is 2. The van der Waals surface area contributed by atoms with Gasteiger partial charge in [0.2, 0.25) is 0 Å². The van der Waals surface area contributed by atoms with Gasteiger partial charge in [-0.15, -0.1) is 0 Å². The zero-order valence-electron chi connectivity index (χ0n) is 10.4. The Bertz CT molecular complexity index is 508. The van der Waals surface area contributed by atoms with Crippen LogP contribution in [-0.2, 0) is 6.42 Å². The molecule has 94 valence electrons. The summed E-state index contributed by atoms with van der Waals surface area (Å²) in [6.07, 6.45) is 1.25. The predicted molar refractivity (Wildman–Crippen MR) is 78.6 cm³/mol. The molecule has 2 rings (SSSR count). The number of halogens is 1. The van der Waals surface area contributed by atoms with Crippen molar-refractivity contribution in [2.75, 3.05) is 0 Å². The number of benzene rings is 2. The Balaban J connectivity index is 1.99. The van der Waals surface area contributed by atoms with Crippen molar-refractivity contribution in [1.82, 2.24) is 0 Å². The Kier molecular flexibility index (Phi) is 4.56. The minimum absolute atomic E-state index is 0.401. The van der Waals surface area contributed by atoms with Crippen LogP contribution < -0.4 is 0 Å². The molecule has 0 fully saturated rings. The van der Waals surface area contributed by atoms with Gasteiger partial charge in [-0.05, 0) is 42.5 Å². The van der Waals surface area contributed by atoms with Gasteiger partial charge in [0.1, 0.15) is 0 Å². The van der Waals surface area contributed by atoms with Crippen LogP contribution in [0.25, 0.3) is 0 Å². The van der Waals surface area contributed by atoms with E-state index in [4.69, 9.17) is 0 Å². The van der Waals surface area contributed by atoms with Crippen LogP contribution in [0.2, 0.25) is 0 Å². The molecule has 0 heterocycles. The van der Waals surface area contributed by atoms with Crippen LogP contribution in [-0.4, -0.2) is 5.11 Å². The fourth-order valence-electron chi connectivity index (χ4n) is 1.93. The molecule has 1 atom stereocenters. The predicted octanol–water partition coefficient (Wildman–Crippen LogP) is 4.42. The lowest BCUT2D eigenvalue weighted by Gasteiger charge is -2.12. The molecule has 0 spiro atoms. The first kappa shape index (κ1) is 13.3. The van der Waals surface area contributed by atoms with Crippen LogP contribution in [0.15, 0.2) is 53.0 Å². The van der Waals surface area contributed by atoms with Crippen LogP contribution in [0.3, 0.4) is 0 Å². The molecule has 1 nitrogen and oxygen atoms in total. The first-order valence-electron chi connectivity index (χ1n) is 6.15. The Morgan fingerprint density at radius 1 is 1.11 bits per heavy atom. The van der Waals surface area contributed by atoms with Crippen molar-refractivity contribution in [2.24, 2.45) is 0 Å². The minimum atomic E-state index is -0.401. The van der Waals surface area contributed by atoms with Crippen molar-refractivity contribution < 1.29 is 5.11 Å². The molecule has 0 radical (unpaired) electrons. The van der Waals surface area contributed by atoms with E-state index in [9.17, 15) is 5.11 Å². The average molecular weight is 305 g/mol. The van der Waals surface area contributed by atoms with Gasteiger partial charge in [0, 0.05) is 4.47 Å². The van der Waals surface area contributed by atoms with E-state index in [1.165, 1.54) is 11.1 Å². The maximum atomic E-state index is 10.2. The third kappa shape index (κ3) is 3.44. The summed E-state index contributed by atoms with van der Waals surface area (Å²) < 4.78 is 1.05. The topological polar surface area (TPSA) is 20.2 Å². The van der Waals surface area contributed by atoms with Crippen LogP contribution >= 0.6 is 15.9 Å². The molecule has 0 aliphatic rings. The highest BCUT2D eigenvalue weighted by Gasteiger charge is 2.08. The number of rotatable bonds is 4. The van der Waals surface area contributed by atoms with Gasteiger partial charge < -0.3 is 5.11 Å². The molecule has 0 bridgehead atoms. The lowest BCUT2D eigenvalue weighted by molar-refractivity contribution is 0.168. The second kappa shape index (κ2) is 6.17. The first-order chi connectivity index (χ1) is 8.66. The number of aliphatic hydroxyl groups excluding tert-OH is 1. The molecule has 0 aliphatic carbocycles. The third-order valence-corrected chi connectivity index (χ3v) is 3.98. The van der Waals surface area contributed by atoms with Crippen LogP contribution in [0.5, 0.6) is 0 Å². The average Bonchev–Trinajstić information content (AvgIpc) is 2.40. The molecule has 1 N–H and O–H groups in total. The Morgan fingerprint density at radius 3 is 2.50 bits per heavy atom. The van der Waals surface area contributed by atoms with Gasteiger partial charge in [-0.25, -0.2) is 0 Å². The van der Waals surface area contributed by atoms with Gasteiger partial charge in [-0.2, -0.15) is 0 Å². The summed E-state index contributed by atoms with van der Waals surface area (Å²) >= 11 is 3.50. The van der Waals surface area contributed by atoms with E-state index in [0.717, 1.165) is 22.9 Å². The Hall–Kier alpha value is -1.12. The highest BCUT2D eigenvalue weighted by atomic mass is 79.9. The van der Waals surface area contributed by atoms with Gasteiger partial charge >= 0.3 is 0 Å². The van der Waals surface area contributed by atoms with Crippen molar-refractivity contribution in [3.63, 3.8) is 0 Å².